The zero-order valence-electron chi connectivity index (χ0n) is 19.1. The van der Waals surface area contributed by atoms with Gasteiger partial charge in [-0.25, -0.2) is 18.0 Å². The number of carbonyl (C=O) groups is 3. The third-order valence-corrected chi connectivity index (χ3v) is 7.87. The van der Waals surface area contributed by atoms with Crippen LogP contribution in [0.25, 0.3) is 0 Å². The Labute approximate surface area is 188 Å². The number of aromatic amines is 1. The summed E-state index contributed by atoms with van der Waals surface area (Å²) in [7, 11) is -3.15. The molecule has 1 aromatic rings. The van der Waals surface area contributed by atoms with Crippen LogP contribution in [0.2, 0.25) is 0 Å². The van der Waals surface area contributed by atoms with Crippen molar-refractivity contribution in [2.75, 3.05) is 18.1 Å². The Morgan fingerprint density at radius 1 is 1.06 bits per heavy atom. The standard InChI is InChI=1S/C22H32N2O7S/c1-13(2)31-21(26)19-14(3)20(23-15(19)4)22(27)30-11-18(25)24(16-7-5-6-8-16)17-9-10-32(28,29)12-17/h13,16-17,23H,5-12H2,1-4H3/t17-/m0/s1. The molecular formula is C22H32N2O7S. The molecular weight excluding hydrogens is 436 g/mol. The minimum absolute atomic E-state index is 0.0219. The third-order valence-electron chi connectivity index (χ3n) is 6.12. The summed E-state index contributed by atoms with van der Waals surface area (Å²) >= 11 is 0. The molecule has 1 aromatic heterocycles. The van der Waals surface area contributed by atoms with E-state index in [4.69, 9.17) is 9.47 Å². The van der Waals surface area contributed by atoms with Gasteiger partial charge in [0.05, 0.1) is 23.2 Å². The Hall–Kier alpha value is -2.36. The molecule has 0 aromatic carbocycles. The monoisotopic (exact) mass is 468 g/mol. The molecule has 1 aliphatic carbocycles. The van der Waals surface area contributed by atoms with Crippen LogP contribution in [0.5, 0.6) is 0 Å². The molecule has 0 bridgehead atoms. The van der Waals surface area contributed by atoms with E-state index in [1.807, 2.05) is 0 Å². The van der Waals surface area contributed by atoms with E-state index < -0.39 is 28.4 Å². The number of ether oxygens (including phenoxy) is 2. The minimum Gasteiger partial charge on any atom is -0.459 e. The summed E-state index contributed by atoms with van der Waals surface area (Å²) in [5.41, 5.74) is 1.26. The Kier molecular flexibility index (Phi) is 7.32. The number of aryl methyl sites for hydroxylation is 1. The highest BCUT2D eigenvalue weighted by molar-refractivity contribution is 7.91. The fourth-order valence-electron chi connectivity index (χ4n) is 4.69. The summed E-state index contributed by atoms with van der Waals surface area (Å²) in [5.74, 6) is -1.62. The van der Waals surface area contributed by atoms with E-state index in [1.54, 1.807) is 32.6 Å². The molecule has 2 fully saturated rings. The predicted octanol–water partition coefficient (Wildman–Crippen LogP) is 2.31. The normalized spacial score (nSPS) is 20.5. The van der Waals surface area contributed by atoms with Crippen LogP contribution in [0.1, 0.15) is 78.1 Å². The second kappa shape index (κ2) is 9.64. The van der Waals surface area contributed by atoms with E-state index in [0.717, 1.165) is 25.7 Å². The van der Waals surface area contributed by atoms with Crippen LogP contribution >= 0.6 is 0 Å². The molecule has 2 heterocycles. The van der Waals surface area contributed by atoms with Gasteiger partial charge in [0.25, 0.3) is 5.91 Å². The predicted molar refractivity (Wildman–Crippen MR) is 117 cm³/mol. The summed E-state index contributed by atoms with van der Waals surface area (Å²) in [6.45, 7) is 6.28. The maximum absolute atomic E-state index is 13.0. The molecule has 1 atom stereocenters. The van der Waals surface area contributed by atoms with E-state index in [-0.39, 0.29) is 46.9 Å². The summed E-state index contributed by atoms with van der Waals surface area (Å²) < 4.78 is 34.4. The minimum atomic E-state index is -3.15. The number of rotatable bonds is 7. The van der Waals surface area contributed by atoms with Crippen molar-refractivity contribution in [3.05, 3.63) is 22.5 Å². The highest BCUT2D eigenvalue weighted by atomic mass is 32.2. The second-order valence-electron chi connectivity index (χ2n) is 8.95. The number of nitrogens with zero attached hydrogens (tertiary/aromatic N) is 1. The van der Waals surface area contributed by atoms with Crippen molar-refractivity contribution in [1.82, 2.24) is 9.88 Å². The molecule has 3 rings (SSSR count). The maximum Gasteiger partial charge on any atom is 0.355 e. The van der Waals surface area contributed by atoms with Gasteiger partial charge in [-0.3, -0.25) is 4.79 Å². The van der Waals surface area contributed by atoms with E-state index in [1.165, 1.54) is 0 Å². The van der Waals surface area contributed by atoms with Crippen molar-refractivity contribution >= 4 is 27.7 Å². The number of amides is 1. The van der Waals surface area contributed by atoms with E-state index in [9.17, 15) is 22.8 Å². The number of H-pyrrole nitrogens is 1. The first-order chi connectivity index (χ1) is 15.0. The molecule has 9 nitrogen and oxygen atoms in total. The van der Waals surface area contributed by atoms with E-state index >= 15 is 0 Å². The smallest absolute Gasteiger partial charge is 0.355 e. The van der Waals surface area contributed by atoms with Crippen LogP contribution in [0.4, 0.5) is 0 Å². The zero-order chi connectivity index (χ0) is 23.6. The molecule has 0 unspecified atom stereocenters. The van der Waals surface area contributed by atoms with Crippen LogP contribution in [0.15, 0.2) is 0 Å². The van der Waals surface area contributed by atoms with Crippen molar-refractivity contribution in [1.29, 1.82) is 0 Å². The van der Waals surface area contributed by atoms with Gasteiger partial charge in [-0.05, 0) is 52.5 Å². The highest BCUT2D eigenvalue weighted by Gasteiger charge is 2.39. The number of aromatic nitrogens is 1. The number of hydrogen-bond acceptors (Lipinski definition) is 7. The highest BCUT2D eigenvalue weighted by Crippen LogP contribution is 2.29. The van der Waals surface area contributed by atoms with Gasteiger partial charge in [-0.1, -0.05) is 12.8 Å². The molecule has 0 radical (unpaired) electrons. The maximum atomic E-state index is 13.0. The lowest BCUT2D eigenvalue weighted by Crippen LogP contribution is -2.48. The molecule has 1 amide bonds. The van der Waals surface area contributed by atoms with Crippen LogP contribution in [0.3, 0.4) is 0 Å². The van der Waals surface area contributed by atoms with Crippen LogP contribution in [-0.4, -0.2) is 72.4 Å². The Morgan fingerprint density at radius 3 is 2.28 bits per heavy atom. The summed E-state index contributed by atoms with van der Waals surface area (Å²) in [6, 6.07) is -0.396. The quantitative estimate of drug-likeness (QED) is 0.609. The van der Waals surface area contributed by atoms with E-state index in [0.29, 0.717) is 17.7 Å². The molecule has 0 spiro atoms. The number of sulfone groups is 1. The molecule has 32 heavy (non-hydrogen) atoms. The van der Waals surface area contributed by atoms with Crippen LogP contribution in [0, 0.1) is 13.8 Å². The number of nitrogens with one attached hydrogen (secondary N) is 1. The summed E-state index contributed by atoms with van der Waals surface area (Å²) in [6.07, 6.45) is 3.74. The molecule has 1 saturated carbocycles. The lowest BCUT2D eigenvalue weighted by Gasteiger charge is -2.33. The third kappa shape index (κ3) is 5.33. The topological polar surface area (TPSA) is 123 Å². The Balaban J connectivity index is 1.70. The molecule has 2 aliphatic rings. The van der Waals surface area contributed by atoms with Crippen molar-refractivity contribution in [3.8, 4) is 0 Å². The Bertz CT molecular complexity index is 990. The first kappa shape index (κ1) is 24.3. The number of esters is 2. The fourth-order valence-corrected chi connectivity index (χ4v) is 6.40. The first-order valence-electron chi connectivity index (χ1n) is 11.1. The van der Waals surface area contributed by atoms with Gasteiger partial charge in [0.15, 0.2) is 16.4 Å². The SMILES string of the molecule is Cc1[nH]c(C(=O)OCC(=O)N(C2CCCC2)[C@H]2CCS(=O)(=O)C2)c(C)c1C(=O)OC(C)C. The fraction of sp³-hybridized carbons (Fsp3) is 0.682. The van der Waals surface area contributed by atoms with Crippen molar-refractivity contribution < 1.29 is 32.3 Å². The van der Waals surface area contributed by atoms with Gasteiger partial charge in [0, 0.05) is 17.8 Å². The van der Waals surface area contributed by atoms with Gasteiger partial charge in [0.1, 0.15) is 5.69 Å². The van der Waals surface area contributed by atoms with Crippen molar-refractivity contribution in [2.24, 2.45) is 0 Å². The largest absolute Gasteiger partial charge is 0.459 e. The Morgan fingerprint density at radius 2 is 1.72 bits per heavy atom. The van der Waals surface area contributed by atoms with Crippen molar-refractivity contribution in [3.63, 3.8) is 0 Å². The van der Waals surface area contributed by atoms with Gasteiger partial charge >= 0.3 is 11.9 Å². The zero-order valence-corrected chi connectivity index (χ0v) is 19.9. The number of carbonyl (C=O) groups excluding carboxylic acids is 3. The number of hydrogen-bond donors (Lipinski definition) is 1. The van der Waals surface area contributed by atoms with Crippen molar-refractivity contribution in [2.45, 2.75) is 78.0 Å². The lowest BCUT2D eigenvalue weighted by molar-refractivity contribution is -0.139. The second-order valence-corrected chi connectivity index (χ2v) is 11.2. The summed E-state index contributed by atoms with van der Waals surface area (Å²) in [4.78, 5) is 42.5. The van der Waals surface area contributed by atoms with Gasteiger partial charge < -0.3 is 19.4 Å². The van der Waals surface area contributed by atoms with Gasteiger partial charge in [-0.2, -0.15) is 0 Å². The molecule has 1 N–H and O–H groups in total. The molecule has 178 valence electrons. The van der Waals surface area contributed by atoms with Crippen LogP contribution < -0.4 is 0 Å². The molecule has 10 heteroatoms. The average Bonchev–Trinajstić information content (AvgIpc) is 3.40. The van der Waals surface area contributed by atoms with Gasteiger partial charge in [-0.15, -0.1) is 0 Å². The molecule has 1 saturated heterocycles. The first-order valence-corrected chi connectivity index (χ1v) is 12.9. The lowest BCUT2D eigenvalue weighted by atomic mass is 10.1. The average molecular weight is 469 g/mol. The van der Waals surface area contributed by atoms with Crippen LogP contribution in [-0.2, 0) is 24.1 Å². The molecule has 1 aliphatic heterocycles. The summed E-state index contributed by atoms with van der Waals surface area (Å²) in [5, 5.41) is 0. The van der Waals surface area contributed by atoms with E-state index in [2.05, 4.69) is 4.98 Å². The van der Waals surface area contributed by atoms with Gasteiger partial charge in [0.2, 0.25) is 0 Å².